The van der Waals surface area contributed by atoms with Crippen LogP contribution in [0.2, 0.25) is 0 Å². The van der Waals surface area contributed by atoms with E-state index >= 15 is 0 Å². The van der Waals surface area contributed by atoms with Crippen LogP contribution < -0.4 is 11.1 Å². The number of anilines is 2. The van der Waals surface area contributed by atoms with E-state index in [4.69, 9.17) is 5.73 Å². The number of phenolic OH excluding ortho intramolecular Hbond substituents is 1. The summed E-state index contributed by atoms with van der Waals surface area (Å²) < 4.78 is 0. The summed E-state index contributed by atoms with van der Waals surface area (Å²) in [5, 5.41) is 14.8. The predicted molar refractivity (Wildman–Crippen MR) is 92.4 cm³/mol. The molecule has 0 saturated heterocycles. The first kappa shape index (κ1) is 15.1. The van der Waals surface area contributed by atoms with Crippen LogP contribution in [0.5, 0.6) is 5.75 Å². The molecule has 0 bridgehead atoms. The van der Waals surface area contributed by atoms with Crippen molar-refractivity contribution in [3.05, 3.63) is 59.6 Å². The topological polar surface area (TPSA) is 88.2 Å². The largest absolute Gasteiger partial charge is 0.508 e. The number of hydrogen-bond donors (Lipinski definition) is 3. The zero-order valence-electron chi connectivity index (χ0n) is 12.2. The molecule has 3 aromatic rings. The summed E-state index contributed by atoms with van der Waals surface area (Å²) in [5.41, 5.74) is 8.65. The molecule has 3 rings (SSSR count). The standard InChI is InChI=1S/C17H15N3O2S/c18-12-4-1-3-11(7-12)17-20-14(10-23-17)9-16(22)19-13-5-2-6-15(21)8-13/h1-8,10,21H,9,18H2,(H,19,22). The third kappa shape index (κ3) is 3.87. The number of phenols is 1. The Morgan fingerprint density at radius 3 is 2.83 bits per heavy atom. The molecule has 1 amide bonds. The normalized spacial score (nSPS) is 10.4. The van der Waals surface area contributed by atoms with Gasteiger partial charge in [-0.05, 0) is 24.3 Å². The van der Waals surface area contributed by atoms with Crippen molar-refractivity contribution >= 4 is 28.6 Å². The van der Waals surface area contributed by atoms with Crippen LogP contribution >= 0.6 is 11.3 Å². The van der Waals surface area contributed by atoms with Crippen molar-refractivity contribution < 1.29 is 9.90 Å². The first-order chi connectivity index (χ1) is 11.1. The van der Waals surface area contributed by atoms with Crippen LogP contribution in [-0.4, -0.2) is 16.0 Å². The number of carbonyl (C=O) groups is 1. The first-order valence-electron chi connectivity index (χ1n) is 6.99. The molecule has 0 aliphatic rings. The summed E-state index contributed by atoms with van der Waals surface area (Å²) in [4.78, 5) is 16.5. The van der Waals surface area contributed by atoms with Gasteiger partial charge in [0.15, 0.2) is 0 Å². The number of amides is 1. The van der Waals surface area contributed by atoms with Crippen LogP contribution in [0, 0.1) is 0 Å². The van der Waals surface area contributed by atoms with Gasteiger partial charge in [0.2, 0.25) is 5.91 Å². The minimum atomic E-state index is -0.181. The summed E-state index contributed by atoms with van der Waals surface area (Å²) in [6.45, 7) is 0. The summed E-state index contributed by atoms with van der Waals surface area (Å²) in [6, 6.07) is 13.9. The van der Waals surface area contributed by atoms with Crippen molar-refractivity contribution in [2.24, 2.45) is 0 Å². The van der Waals surface area contributed by atoms with E-state index in [1.807, 2.05) is 29.6 Å². The number of aromatic hydroxyl groups is 1. The molecule has 0 spiro atoms. The van der Waals surface area contributed by atoms with Crippen LogP contribution in [0.15, 0.2) is 53.9 Å². The molecule has 0 fully saturated rings. The third-order valence-corrected chi connectivity index (χ3v) is 4.10. The van der Waals surface area contributed by atoms with Gasteiger partial charge in [0.25, 0.3) is 0 Å². The molecule has 23 heavy (non-hydrogen) atoms. The minimum absolute atomic E-state index is 0.111. The van der Waals surface area contributed by atoms with Gasteiger partial charge in [0.05, 0.1) is 12.1 Å². The van der Waals surface area contributed by atoms with Gasteiger partial charge in [-0.2, -0.15) is 0 Å². The van der Waals surface area contributed by atoms with E-state index < -0.39 is 0 Å². The number of aromatic nitrogens is 1. The maximum atomic E-state index is 12.0. The molecule has 116 valence electrons. The average Bonchev–Trinajstić information content (AvgIpc) is 2.95. The lowest BCUT2D eigenvalue weighted by Crippen LogP contribution is -2.14. The number of nitrogens with two attached hydrogens (primary N) is 1. The number of nitrogens with one attached hydrogen (secondary N) is 1. The highest BCUT2D eigenvalue weighted by molar-refractivity contribution is 7.13. The number of nitrogens with zero attached hydrogens (tertiary/aromatic N) is 1. The molecule has 0 aliphatic carbocycles. The molecule has 0 aliphatic heterocycles. The summed E-state index contributed by atoms with van der Waals surface area (Å²) in [7, 11) is 0. The maximum Gasteiger partial charge on any atom is 0.230 e. The molecule has 0 radical (unpaired) electrons. The lowest BCUT2D eigenvalue weighted by molar-refractivity contribution is -0.115. The maximum absolute atomic E-state index is 12.0. The number of hydrogen-bond acceptors (Lipinski definition) is 5. The van der Waals surface area contributed by atoms with E-state index in [9.17, 15) is 9.90 Å². The van der Waals surface area contributed by atoms with Crippen molar-refractivity contribution in [3.63, 3.8) is 0 Å². The van der Waals surface area contributed by atoms with Crippen LogP contribution in [-0.2, 0) is 11.2 Å². The molecular weight excluding hydrogens is 310 g/mol. The van der Waals surface area contributed by atoms with E-state index in [-0.39, 0.29) is 18.1 Å². The van der Waals surface area contributed by atoms with Crippen molar-refractivity contribution in [1.82, 2.24) is 4.98 Å². The first-order valence-corrected chi connectivity index (χ1v) is 7.87. The van der Waals surface area contributed by atoms with Gasteiger partial charge >= 0.3 is 0 Å². The van der Waals surface area contributed by atoms with Gasteiger partial charge in [-0.15, -0.1) is 11.3 Å². The molecule has 2 aromatic carbocycles. The Morgan fingerprint density at radius 1 is 1.22 bits per heavy atom. The fourth-order valence-electron chi connectivity index (χ4n) is 2.15. The highest BCUT2D eigenvalue weighted by atomic mass is 32.1. The van der Waals surface area contributed by atoms with Crippen molar-refractivity contribution in [3.8, 4) is 16.3 Å². The fourth-order valence-corrected chi connectivity index (χ4v) is 2.96. The Bertz CT molecular complexity index is 845. The van der Waals surface area contributed by atoms with Crippen LogP contribution in [0.4, 0.5) is 11.4 Å². The molecule has 4 N–H and O–H groups in total. The molecule has 5 nitrogen and oxygen atoms in total. The smallest absolute Gasteiger partial charge is 0.230 e. The number of benzene rings is 2. The van der Waals surface area contributed by atoms with E-state index in [0.29, 0.717) is 17.1 Å². The number of thiazole rings is 1. The quantitative estimate of drug-likeness (QED) is 0.642. The SMILES string of the molecule is Nc1cccc(-c2nc(CC(=O)Nc3cccc(O)c3)cs2)c1. The highest BCUT2D eigenvalue weighted by Crippen LogP contribution is 2.25. The second-order valence-electron chi connectivity index (χ2n) is 5.04. The van der Waals surface area contributed by atoms with Gasteiger partial charge in [-0.25, -0.2) is 4.98 Å². The highest BCUT2D eigenvalue weighted by Gasteiger charge is 2.10. The average molecular weight is 325 g/mol. The predicted octanol–water partition coefficient (Wildman–Crippen LogP) is 3.28. The van der Waals surface area contributed by atoms with Gasteiger partial charge in [0, 0.05) is 28.4 Å². The van der Waals surface area contributed by atoms with Crippen molar-refractivity contribution in [2.45, 2.75) is 6.42 Å². The summed E-state index contributed by atoms with van der Waals surface area (Å²) >= 11 is 1.48. The Kier molecular flexibility index (Phi) is 4.25. The third-order valence-electron chi connectivity index (χ3n) is 3.16. The molecule has 0 saturated carbocycles. The van der Waals surface area contributed by atoms with E-state index in [2.05, 4.69) is 10.3 Å². The molecule has 1 aromatic heterocycles. The van der Waals surface area contributed by atoms with Crippen LogP contribution in [0.25, 0.3) is 10.6 Å². The Hall–Kier alpha value is -2.86. The van der Waals surface area contributed by atoms with Crippen molar-refractivity contribution in [1.29, 1.82) is 0 Å². The molecule has 1 heterocycles. The monoisotopic (exact) mass is 325 g/mol. The second kappa shape index (κ2) is 6.50. The zero-order chi connectivity index (χ0) is 16.2. The van der Waals surface area contributed by atoms with Gasteiger partial charge < -0.3 is 16.2 Å². The lowest BCUT2D eigenvalue weighted by atomic mass is 10.2. The van der Waals surface area contributed by atoms with Crippen LogP contribution in [0.1, 0.15) is 5.69 Å². The molecule has 0 unspecified atom stereocenters. The van der Waals surface area contributed by atoms with Gasteiger partial charge in [-0.3, -0.25) is 4.79 Å². The van der Waals surface area contributed by atoms with Gasteiger partial charge in [-0.1, -0.05) is 18.2 Å². The molecule has 6 heteroatoms. The molecular formula is C17H15N3O2S. The number of nitrogen functional groups attached to an aromatic ring is 1. The Morgan fingerprint density at radius 2 is 2.04 bits per heavy atom. The van der Waals surface area contributed by atoms with E-state index in [0.717, 1.165) is 10.6 Å². The van der Waals surface area contributed by atoms with Crippen LogP contribution in [0.3, 0.4) is 0 Å². The van der Waals surface area contributed by atoms with E-state index in [1.165, 1.54) is 17.4 Å². The van der Waals surface area contributed by atoms with E-state index in [1.54, 1.807) is 18.2 Å². The van der Waals surface area contributed by atoms with Crippen molar-refractivity contribution in [2.75, 3.05) is 11.1 Å². The minimum Gasteiger partial charge on any atom is -0.508 e. The van der Waals surface area contributed by atoms with Gasteiger partial charge in [0.1, 0.15) is 10.8 Å². The summed E-state index contributed by atoms with van der Waals surface area (Å²) in [5.74, 6) is -0.0690. The molecule has 0 atom stereocenters. The number of carbonyl (C=O) groups excluding carboxylic acids is 1. The Labute approximate surface area is 137 Å². The number of rotatable bonds is 4. The summed E-state index contributed by atoms with van der Waals surface area (Å²) in [6.07, 6.45) is 0.175. The Balaban J connectivity index is 1.68. The lowest BCUT2D eigenvalue weighted by Gasteiger charge is -2.04. The zero-order valence-corrected chi connectivity index (χ0v) is 13.0. The second-order valence-corrected chi connectivity index (χ2v) is 5.90. The fraction of sp³-hybridized carbons (Fsp3) is 0.0588.